The van der Waals surface area contributed by atoms with E-state index in [1.807, 2.05) is 31.2 Å². The highest BCUT2D eigenvalue weighted by Gasteiger charge is 2.11. The average Bonchev–Trinajstić information content (AvgIpc) is 2.55. The molecule has 2 aromatic carbocycles. The molecule has 0 aliphatic rings. The maximum atomic E-state index is 12.9. The Morgan fingerprint density at radius 2 is 1.87 bits per heavy atom. The molecule has 0 amide bonds. The van der Waals surface area contributed by atoms with Gasteiger partial charge in [-0.05, 0) is 71.2 Å². The van der Waals surface area contributed by atoms with Crippen molar-refractivity contribution in [3.05, 3.63) is 57.8 Å². The van der Waals surface area contributed by atoms with Crippen molar-refractivity contribution in [1.29, 1.82) is 0 Å². The van der Waals surface area contributed by atoms with Gasteiger partial charge in [0.25, 0.3) is 0 Å². The Balaban J connectivity index is 1.90. The van der Waals surface area contributed by atoms with Crippen molar-refractivity contribution in [2.75, 3.05) is 20.3 Å². The van der Waals surface area contributed by atoms with Crippen LogP contribution >= 0.6 is 15.9 Å². The van der Waals surface area contributed by atoms with Crippen molar-refractivity contribution in [2.45, 2.75) is 19.9 Å². The lowest BCUT2D eigenvalue weighted by molar-refractivity contribution is 0.308. The molecule has 0 atom stereocenters. The minimum absolute atomic E-state index is 0.201. The van der Waals surface area contributed by atoms with Gasteiger partial charge in [-0.15, -0.1) is 0 Å². The predicted molar refractivity (Wildman–Crippen MR) is 93.7 cm³/mol. The summed E-state index contributed by atoms with van der Waals surface area (Å²) in [6.45, 7) is 4.07. The molecular weight excluding hydrogens is 361 g/mol. The third-order valence-electron chi connectivity index (χ3n) is 3.41. The van der Waals surface area contributed by atoms with Crippen molar-refractivity contribution in [3.63, 3.8) is 0 Å². The van der Waals surface area contributed by atoms with Crippen LogP contribution in [0.4, 0.5) is 4.39 Å². The summed E-state index contributed by atoms with van der Waals surface area (Å²) in [6.07, 6.45) is 0.857. The molecule has 0 saturated carbocycles. The summed E-state index contributed by atoms with van der Waals surface area (Å²) in [5.74, 6) is 1.25. The summed E-state index contributed by atoms with van der Waals surface area (Å²) in [5, 5.41) is 3.38. The van der Waals surface area contributed by atoms with Crippen LogP contribution in [0, 0.1) is 5.82 Å². The standard InChI is InChI=1S/C18H21BrFNO2/c1-3-23-18-16(19)10-14(11-17(18)22-2)12-21-9-8-13-4-6-15(20)7-5-13/h4-7,10-11,21H,3,8-9,12H2,1-2H3. The molecule has 1 N–H and O–H groups in total. The minimum Gasteiger partial charge on any atom is -0.493 e. The largest absolute Gasteiger partial charge is 0.493 e. The van der Waals surface area contributed by atoms with Gasteiger partial charge in [0.05, 0.1) is 18.2 Å². The zero-order chi connectivity index (χ0) is 16.7. The lowest BCUT2D eigenvalue weighted by atomic mass is 10.1. The Morgan fingerprint density at radius 3 is 2.52 bits per heavy atom. The van der Waals surface area contributed by atoms with Crippen LogP contribution in [-0.2, 0) is 13.0 Å². The second-order valence-corrected chi connectivity index (χ2v) is 5.95. The SMILES string of the molecule is CCOc1c(Br)cc(CNCCc2ccc(F)cc2)cc1OC. The first-order chi connectivity index (χ1) is 11.1. The van der Waals surface area contributed by atoms with Gasteiger partial charge in [-0.25, -0.2) is 4.39 Å². The fourth-order valence-corrected chi connectivity index (χ4v) is 2.88. The second kappa shape index (κ2) is 8.89. The van der Waals surface area contributed by atoms with E-state index in [1.165, 1.54) is 12.1 Å². The summed E-state index contributed by atoms with van der Waals surface area (Å²) in [6, 6.07) is 10.6. The Kier molecular flexibility index (Phi) is 6.86. The van der Waals surface area contributed by atoms with Crippen molar-refractivity contribution >= 4 is 15.9 Å². The number of benzene rings is 2. The van der Waals surface area contributed by atoms with Crippen molar-refractivity contribution in [1.82, 2.24) is 5.32 Å². The molecule has 0 aliphatic carbocycles. The quantitative estimate of drug-likeness (QED) is 0.690. The fourth-order valence-electron chi connectivity index (χ4n) is 2.28. The average molecular weight is 382 g/mol. The predicted octanol–water partition coefficient (Wildman–Crippen LogP) is 4.33. The zero-order valence-corrected chi connectivity index (χ0v) is 15.0. The van der Waals surface area contributed by atoms with Crippen LogP contribution in [0.3, 0.4) is 0 Å². The van der Waals surface area contributed by atoms with E-state index in [0.29, 0.717) is 6.61 Å². The van der Waals surface area contributed by atoms with Gasteiger partial charge in [-0.2, -0.15) is 0 Å². The highest BCUT2D eigenvalue weighted by atomic mass is 79.9. The summed E-state index contributed by atoms with van der Waals surface area (Å²) >= 11 is 3.52. The molecule has 5 heteroatoms. The number of ether oxygens (including phenoxy) is 2. The minimum atomic E-state index is -0.201. The molecule has 0 aromatic heterocycles. The molecular formula is C18H21BrFNO2. The van der Waals surface area contributed by atoms with E-state index in [4.69, 9.17) is 9.47 Å². The van der Waals surface area contributed by atoms with Crippen LogP contribution < -0.4 is 14.8 Å². The number of rotatable bonds is 8. The summed E-state index contributed by atoms with van der Waals surface area (Å²) in [4.78, 5) is 0. The molecule has 0 unspecified atom stereocenters. The van der Waals surface area contributed by atoms with E-state index >= 15 is 0 Å². The molecule has 3 nitrogen and oxygen atoms in total. The first-order valence-electron chi connectivity index (χ1n) is 7.58. The number of methoxy groups -OCH3 is 1. The van der Waals surface area contributed by atoms with Crippen LogP contribution in [-0.4, -0.2) is 20.3 Å². The van der Waals surface area contributed by atoms with Crippen molar-refractivity contribution < 1.29 is 13.9 Å². The Hall–Kier alpha value is -1.59. The van der Waals surface area contributed by atoms with Crippen LogP contribution in [0.5, 0.6) is 11.5 Å². The van der Waals surface area contributed by atoms with E-state index in [1.54, 1.807) is 7.11 Å². The second-order valence-electron chi connectivity index (χ2n) is 5.10. The summed E-state index contributed by atoms with van der Waals surface area (Å²) in [5.41, 5.74) is 2.22. The molecule has 23 heavy (non-hydrogen) atoms. The van der Waals surface area contributed by atoms with Crippen LogP contribution in [0.1, 0.15) is 18.1 Å². The monoisotopic (exact) mass is 381 g/mol. The van der Waals surface area contributed by atoms with Crippen LogP contribution in [0.15, 0.2) is 40.9 Å². The number of nitrogens with one attached hydrogen (secondary N) is 1. The van der Waals surface area contributed by atoms with E-state index in [9.17, 15) is 4.39 Å². The van der Waals surface area contributed by atoms with Gasteiger partial charge in [0, 0.05) is 6.54 Å². The molecule has 0 saturated heterocycles. The van der Waals surface area contributed by atoms with Crippen molar-refractivity contribution in [3.8, 4) is 11.5 Å². The lowest BCUT2D eigenvalue weighted by Gasteiger charge is -2.14. The van der Waals surface area contributed by atoms with Gasteiger partial charge < -0.3 is 14.8 Å². The molecule has 0 heterocycles. The maximum absolute atomic E-state index is 12.9. The first-order valence-corrected chi connectivity index (χ1v) is 8.37. The third-order valence-corrected chi connectivity index (χ3v) is 4.00. The van der Waals surface area contributed by atoms with Gasteiger partial charge in [-0.1, -0.05) is 12.1 Å². The third kappa shape index (κ3) is 5.22. The fraction of sp³-hybridized carbons (Fsp3) is 0.333. The topological polar surface area (TPSA) is 30.5 Å². The molecule has 0 radical (unpaired) electrons. The highest BCUT2D eigenvalue weighted by Crippen LogP contribution is 2.36. The Morgan fingerprint density at radius 1 is 1.13 bits per heavy atom. The van der Waals surface area contributed by atoms with Gasteiger partial charge in [0.1, 0.15) is 5.82 Å². The zero-order valence-electron chi connectivity index (χ0n) is 13.4. The molecule has 0 fully saturated rings. The smallest absolute Gasteiger partial charge is 0.175 e. The highest BCUT2D eigenvalue weighted by molar-refractivity contribution is 9.10. The summed E-state index contributed by atoms with van der Waals surface area (Å²) in [7, 11) is 1.63. The molecule has 2 rings (SSSR count). The van der Waals surface area contributed by atoms with Crippen LogP contribution in [0.25, 0.3) is 0 Å². The van der Waals surface area contributed by atoms with E-state index in [-0.39, 0.29) is 5.82 Å². The summed E-state index contributed by atoms with van der Waals surface area (Å²) < 4.78 is 24.7. The number of halogens is 2. The molecule has 0 bridgehead atoms. The van der Waals surface area contributed by atoms with E-state index in [0.717, 1.165) is 46.6 Å². The first kappa shape index (κ1) is 17.8. The van der Waals surface area contributed by atoms with Gasteiger partial charge in [0.15, 0.2) is 11.5 Å². The molecule has 0 spiro atoms. The normalized spacial score (nSPS) is 10.6. The van der Waals surface area contributed by atoms with Gasteiger partial charge in [-0.3, -0.25) is 0 Å². The van der Waals surface area contributed by atoms with Crippen molar-refractivity contribution in [2.24, 2.45) is 0 Å². The molecule has 124 valence electrons. The Bertz CT molecular complexity index is 632. The van der Waals surface area contributed by atoms with E-state index in [2.05, 4.69) is 21.2 Å². The van der Waals surface area contributed by atoms with Gasteiger partial charge in [0.2, 0.25) is 0 Å². The molecule has 2 aromatic rings. The van der Waals surface area contributed by atoms with Gasteiger partial charge >= 0.3 is 0 Å². The maximum Gasteiger partial charge on any atom is 0.175 e. The van der Waals surface area contributed by atoms with E-state index < -0.39 is 0 Å². The Labute approximate surface area is 144 Å². The number of hydrogen-bond acceptors (Lipinski definition) is 3. The lowest BCUT2D eigenvalue weighted by Crippen LogP contribution is -2.16. The number of hydrogen-bond donors (Lipinski definition) is 1. The molecule has 0 aliphatic heterocycles. The van der Waals surface area contributed by atoms with Crippen LogP contribution in [0.2, 0.25) is 0 Å².